The molecule has 2 N–H and O–H groups in total. The summed E-state index contributed by atoms with van der Waals surface area (Å²) in [5, 5.41) is 6.34. The number of carbonyl (C=O) groups excluding carboxylic acids is 1. The van der Waals surface area contributed by atoms with Crippen LogP contribution < -0.4 is 10.6 Å². The van der Waals surface area contributed by atoms with Crippen molar-refractivity contribution >= 4 is 11.6 Å². The van der Waals surface area contributed by atoms with Crippen LogP contribution in [0.25, 0.3) is 0 Å². The first-order valence-electron chi connectivity index (χ1n) is 6.70. The van der Waals surface area contributed by atoms with Crippen molar-refractivity contribution in [1.29, 1.82) is 0 Å². The van der Waals surface area contributed by atoms with Crippen molar-refractivity contribution in [2.45, 2.75) is 32.2 Å². The van der Waals surface area contributed by atoms with Crippen LogP contribution in [0, 0.1) is 0 Å². The zero-order chi connectivity index (χ0) is 13.9. The van der Waals surface area contributed by atoms with E-state index in [9.17, 15) is 4.79 Å². The molecule has 1 aliphatic rings. The van der Waals surface area contributed by atoms with Crippen LogP contribution in [0.1, 0.15) is 36.2 Å². The number of fused-ring (bicyclic) bond motifs is 1. The van der Waals surface area contributed by atoms with E-state index in [1.807, 2.05) is 32.0 Å². The van der Waals surface area contributed by atoms with Crippen LogP contribution in [0.5, 0.6) is 0 Å². The summed E-state index contributed by atoms with van der Waals surface area (Å²) in [7, 11) is 1.64. The first-order valence-corrected chi connectivity index (χ1v) is 6.70. The van der Waals surface area contributed by atoms with Crippen molar-refractivity contribution in [3.8, 4) is 0 Å². The topological polar surface area (TPSA) is 50.4 Å². The Labute approximate surface area is 114 Å². The number of ether oxygens (including phenoxy) is 1. The molecule has 0 spiro atoms. The van der Waals surface area contributed by atoms with Crippen LogP contribution >= 0.6 is 0 Å². The highest BCUT2D eigenvalue weighted by Crippen LogP contribution is 2.23. The molecule has 0 bridgehead atoms. The van der Waals surface area contributed by atoms with E-state index in [2.05, 4.69) is 10.6 Å². The van der Waals surface area contributed by atoms with Gasteiger partial charge in [-0.1, -0.05) is 0 Å². The Hall–Kier alpha value is -1.55. The average Bonchev–Trinajstić information content (AvgIpc) is 2.37. The molecule has 4 nitrogen and oxygen atoms in total. The van der Waals surface area contributed by atoms with Crippen molar-refractivity contribution in [2.75, 3.05) is 25.6 Å². The zero-order valence-corrected chi connectivity index (χ0v) is 11.9. The third kappa shape index (κ3) is 3.47. The van der Waals surface area contributed by atoms with E-state index in [1.54, 1.807) is 7.11 Å². The van der Waals surface area contributed by atoms with Gasteiger partial charge < -0.3 is 15.4 Å². The van der Waals surface area contributed by atoms with E-state index in [0.717, 1.165) is 25.1 Å². The van der Waals surface area contributed by atoms with Gasteiger partial charge in [0, 0.05) is 24.9 Å². The first-order chi connectivity index (χ1) is 9.02. The minimum Gasteiger partial charge on any atom is -0.385 e. The maximum absolute atomic E-state index is 12.2. The SMILES string of the molecule is COCC(C)(C)NC(=O)c1ccc2c(c1)CCCN2. The van der Waals surface area contributed by atoms with Gasteiger partial charge in [-0.15, -0.1) is 0 Å². The summed E-state index contributed by atoms with van der Waals surface area (Å²) < 4.78 is 5.11. The Morgan fingerprint density at radius 3 is 3.00 bits per heavy atom. The van der Waals surface area contributed by atoms with Gasteiger partial charge in [0.2, 0.25) is 0 Å². The predicted molar refractivity (Wildman–Crippen MR) is 76.7 cm³/mol. The highest BCUT2D eigenvalue weighted by atomic mass is 16.5. The lowest BCUT2D eigenvalue weighted by molar-refractivity contribution is 0.0820. The number of nitrogens with one attached hydrogen (secondary N) is 2. The highest BCUT2D eigenvalue weighted by Gasteiger charge is 2.21. The number of amides is 1. The van der Waals surface area contributed by atoms with E-state index in [-0.39, 0.29) is 11.4 Å². The van der Waals surface area contributed by atoms with Crippen LogP contribution in [0.2, 0.25) is 0 Å². The number of methoxy groups -OCH3 is 1. The third-order valence-electron chi connectivity index (χ3n) is 3.26. The molecule has 0 saturated carbocycles. The Kier molecular flexibility index (Phi) is 4.10. The van der Waals surface area contributed by atoms with Crippen LogP contribution in [-0.2, 0) is 11.2 Å². The molecule has 0 fully saturated rings. The minimum absolute atomic E-state index is 0.0459. The molecule has 2 rings (SSSR count). The number of anilines is 1. The van der Waals surface area contributed by atoms with Crippen LogP contribution in [-0.4, -0.2) is 31.7 Å². The summed E-state index contributed by atoms with van der Waals surface area (Å²) in [4.78, 5) is 12.2. The van der Waals surface area contributed by atoms with Crippen LogP contribution in [0.4, 0.5) is 5.69 Å². The van der Waals surface area contributed by atoms with Gasteiger partial charge in [-0.3, -0.25) is 4.79 Å². The quantitative estimate of drug-likeness (QED) is 0.874. The molecule has 1 aromatic carbocycles. The molecule has 0 unspecified atom stereocenters. The Morgan fingerprint density at radius 2 is 2.26 bits per heavy atom. The average molecular weight is 262 g/mol. The molecule has 0 aliphatic carbocycles. The third-order valence-corrected chi connectivity index (χ3v) is 3.26. The van der Waals surface area contributed by atoms with Gasteiger partial charge >= 0.3 is 0 Å². The number of hydrogen-bond acceptors (Lipinski definition) is 3. The van der Waals surface area contributed by atoms with Gasteiger partial charge in [-0.25, -0.2) is 0 Å². The van der Waals surface area contributed by atoms with E-state index in [4.69, 9.17) is 4.74 Å². The second kappa shape index (κ2) is 5.61. The van der Waals surface area contributed by atoms with Gasteiger partial charge in [-0.05, 0) is 50.5 Å². The number of rotatable bonds is 4. The van der Waals surface area contributed by atoms with E-state index < -0.39 is 0 Å². The van der Waals surface area contributed by atoms with Crippen molar-refractivity contribution in [3.63, 3.8) is 0 Å². The van der Waals surface area contributed by atoms with E-state index >= 15 is 0 Å². The Morgan fingerprint density at radius 1 is 1.47 bits per heavy atom. The monoisotopic (exact) mass is 262 g/mol. The summed E-state index contributed by atoms with van der Waals surface area (Å²) in [6.45, 7) is 5.41. The highest BCUT2D eigenvalue weighted by molar-refractivity contribution is 5.95. The van der Waals surface area contributed by atoms with Crippen LogP contribution in [0.3, 0.4) is 0 Å². The summed E-state index contributed by atoms with van der Waals surface area (Å²) in [6, 6.07) is 5.85. The van der Waals surface area contributed by atoms with Gasteiger partial charge in [0.25, 0.3) is 5.91 Å². The minimum atomic E-state index is -0.361. The molecule has 1 amide bonds. The largest absolute Gasteiger partial charge is 0.385 e. The number of hydrogen-bond donors (Lipinski definition) is 2. The molecule has 4 heteroatoms. The molecule has 19 heavy (non-hydrogen) atoms. The van der Waals surface area contributed by atoms with Crippen molar-refractivity contribution in [2.24, 2.45) is 0 Å². The number of benzene rings is 1. The molecule has 0 saturated heterocycles. The molecule has 0 radical (unpaired) electrons. The standard InChI is InChI=1S/C15H22N2O2/c1-15(2,10-19-3)17-14(18)12-6-7-13-11(9-12)5-4-8-16-13/h6-7,9,16H,4-5,8,10H2,1-3H3,(H,17,18). The lowest BCUT2D eigenvalue weighted by atomic mass is 9.99. The molecular weight excluding hydrogens is 240 g/mol. The van der Waals surface area contributed by atoms with Crippen molar-refractivity contribution in [3.05, 3.63) is 29.3 Å². The fourth-order valence-corrected chi connectivity index (χ4v) is 2.39. The number of aryl methyl sites for hydroxylation is 1. The lowest BCUT2D eigenvalue weighted by Gasteiger charge is -2.26. The molecular formula is C15H22N2O2. The van der Waals surface area contributed by atoms with Gasteiger partial charge in [0.15, 0.2) is 0 Å². The lowest BCUT2D eigenvalue weighted by Crippen LogP contribution is -2.46. The van der Waals surface area contributed by atoms with Crippen molar-refractivity contribution < 1.29 is 9.53 Å². The summed E-state index contributed by atoms with van der Waals surface area (Å²) in [6.07, 6.45) is 2.15. The maximum atomic E-state index is 12.2. The molecule has 0 aromatic heterocycles. The fourth-order valence-electron chi connectivity index (χ4n) is 2.39. The molecule has 104 valence electrons. The normalized spacial score (nSPS) is 14.5. The second-order valence-electron chi connectivity index (χ2n) is 5.67. The summed E-state index contributed by atoms with van der Waals surface area (Å²) in [5.41, 5.74) is 2.73. The van der Waals surface area contributed by atoms with E-state index in [0.29, 0.717) is 12.2 Å². The van der Waals surface area contributed by atoms with Gasteiger partial charge in [0.05, 0.1) is 12.1 Å². The fraction of sp³-hybridized carbons (Fsp3) is 0.533. The second-order valence-corrected chi connectivity index (χ2v) is 5.67. The van der Waals surface area contributed by atoms with E-state index in [1.165, 1.54) is 5.56 Å². The molecule has 1 aliphatic heterocycles. The van der Waals surface area contributed by atoms with Gasteiger partial charge in [0.1, 0.15) is 0 Å². The van der Waals surface area contributed by atoms with Crippen molar-refractivity contribution in [1.82, 2.24) is 5.32 Å². The first kappa shape index (κ1) is 13.9. The Bertz CT molecular complexity index is 469. The zero-order valence-electron chi connectivity index (χ0n) is 11.9. The molecule has 1 aromatic rings. The summed E-state index contributed by atoms with van der Waals surface area (Å²) >= 11 is 0. The smallest absolute Gasteiger partial charge is 0.251 e. The predicted octanol–water partition coefficient (Wildman–Crippen LogP) is 2.20. The summed E-state index contributed by atoms with van der Waals surface area (Å²) in [5.74, 6) is -0.0459. The van der Waals surface area contributed by atoms with Crippen LogP contribution in [0.15, 0.2) is 18.2 Å². The van der Waals surface area contributed by atoms with Gasteiger partial charge in [-0.2, -0.15) is 0 Å². The maximum Gasteiger partial charge on any atom is 0.251 e. The Balaban J connectivity index is 2.11. The molecule has 0 atom stereocenters. The number of carbonyl (C=O) groups is 1. The molecule has 1 heterocycles.